The van der Waals surface area contributed by atoms with Gasteiger partial charge in [-0.05, 0) is 80.2 Å². The molecule has 7 atom stereocenters. The predicted octanol–water partition coefficient (Wildman–Crippen LogP) is 5.38. The topological polar surface area (TPSA) is 56.1 Å². The van der Waals surface area contributed by atoms with Crippen LogP contribution in [0.4, 0.5) is 5.82 Å². The number of hydrogen-bond donors (Lipinski definition) is 1. The summed E-state index contributed by atoms with van der Waals surface area (Å²) in [6.07, 6.45) is 10.4. The van der Waals surface area contributed by atoms with Crippen LogP contribution < -0.4 is 5.32 Å². The number of para-hydroxylation sites is 1. The van der Waals surface area contributed by atoms with E-state index in [-0.39, 0.29) is 22.9 Å². The van der Waals surface area contributed by atoms with Crippen LogP contribution >= 0.6 is 0 Å². The van der Waals surface area contributed by atoms with Crippen LogP contribution in [0.25, 0.3) is 5.69 Å². The van der Waals surface area contributed by atoms with Gasteiger partial charge in [-0.25, -0.2) is 4.68 Å². The fourth-order valence-corrected chi connectivity index (χ4v) is 8.30. The number of hydrogen-bond acceptors (Lipinski definition) is 4. The molecule has 2 heterocycles. The number of anilines is 1. The first-order chi connectivity index (χ1) is 15.4. The van der Waals surface area contributed by atoms with Crippen molar-refractivity contribution in [2.24, 2.45) is 28.6 Å². The highest BCUT2D eigenvalue weighted by atomic mass is 16.5. The third-order valence-electron chi connectivity index (χ3n) is 9.82. The van der Waals surface area contributed by atoms with Gasteiger partial charge >= 0.3 is 5.97 Å². The maximum absolute atomic E-state index is 11.7. The Balaban J connectivity index is 1.29. The van der Waals surface area contributed by atoms with Crippen molar-refractivity contribution in [1.82, 2.24) is 9.78 Å². The quantitative estimate of drug-likeness (QED) is 0.646. The minimum absolute atomic E-state index is 0.108. The summed E-state index contributed by atoms with van der Waals surface area (Å²) in [4.78, 5) is 11.7. The second-order valence-corrected chi connectivity index (χ2v) is 11.3. The van der Waals surface area contributed by atoms with Gasteiger partial charge in [0.05, 0.1) is 11.9 Å². The first kappa shape index (κ1) is 20.3. The molecule has 5 heteroatoms. The Morgan fingerprint density at radius 3 is 2.62 bits per heavy atom. The van der Waals surface area contributed by atoms with E-state index in [9.17, 15) is 4.79 Å². The average Bonchev–Trinajstić information content (AvgIpc) is 3.32. The number of rotatable bonds is 2. The van der Waals surface area contributed by atoms with Crippen molar-refractivity contribution in [2.45, 2.75) is 77.9 Å². The number of carbonyl (C=O) groups is 1. The van der Waals surface area contributed by atoms with Crippen molar-refractivity contribution < 1.29 is 9.53 Å². The molecule has 0 saturated heterocycles. The van der Waals surface area contributed by atoms with E-state index in [1.165, 1.54) is 43.5 Å². The summed E-state index contributed by atoms with van der Waals surface area (Å²) in [5.74, 6) is 3.21. The fourth-order valence-electron chi connectivity index (χ4n) is 8.30. The molecule has 3 aliphatic carbocycles. The largest absolute Gasteiger partial charge is 0.462 e. The van der Waals surface area contributed by atoms with Crippen LogP contribution in [0.3, 0.4) is 0 Å². The molecule has 1 N–H and O–H groups in total. The van der Waals surface area contributed by atoms with Gasteiger partial charge in [0.25, 0.3) is 0 Å². The average molecular weight is 434 g/mol. The van der Waals surface area contributed by atoms with Crippen LogP contribution in [0.5, 0.6) is 0 Å². The Morgan fingerprint density at radius 1 is 1.06 bits per heavy atom. The number of aromatic nitrogens is 2. The van der Waals surface area contributed by atoms with Crippen molar-refractivity contribution in [3.05, 3.63) is 42.1 Å². The van der Waals surface area contributed by atoms with E-state index in [4.69, 9.17) is 9.84 Å². The van der Waals surface area contributed by atoms with Gasteiger partial charge in [0.15, 0.2) is 0 Å². The lowest BCUT2D eigenvalue weighted by Crippen LogP contribution is -2.58. The van der Waals surface area contributed by atoms with E-state index >= 15 is 0 Å². The van der Waals surface area contributed by atoms with E-state index in [0.29, 0.717) is 12.0 Å². The Morgan fingerprint density at radius 2 is 1.84 bits per heavy atom. The summed E-state index contributed by atoms with van der Waals surface area (Å²) >= 11 is 0. The highest BCUT2D eigenvalue weighted by molar-refractivity contribution is 5.66. The van der Waals surface area contributed by atoms with Gasteiger partial charge in [0, 0.05) is 23.9 Å². The number of carbonyl (C=O) groups excluding carboxylic acids is 1. The summed E-state index contributed by atoms with van der Waals surface area (Å²) in [5, 5.41) is 8.72. The lowest BCUT2D eigenvalue weighted by Gasteiger charge is -2.60. The Labute approximate surface area is 190 Å². The van der Waals surface area contributed by atoms with Gasteiger partial charge in [-0.2, -0.15) is 5.10 Å². The number of nitrogens with one attached hydrogen (secondary N) is 1. The zero-order chi connectivity index (χ0) is 22.1. The second-order valence-electron chi connectivity index (χ2n) is 11.3. The van der Waals surface area contributed by atoms with Gasteiger partial charge in [-0.15, -0.1) is 0 Å². The summed E-state index contributed by atoms with van der Waals surface area (Å²) in [5.41, 5.74) is 2.88. The van der Waals surface area contributed by atoms with E-state index in [0.717, 1.165) is 30.4 Å². The van der Waals surface area contributed by atoms with Crippen LogP contribution in [0, 0.1) is 28.6 Å². The maximum Gasteiger partial charge on any atom is 0.302 e. The third kappa shape index (κ3) is 2.82. The molecule has 0 radical (unpaired) electrons. The summed E-state index contributed by atoms with van der Waals surface area (Å²) in [6.45, 7) is 6.50. The van der Waals surface area contributed by atoms with Crippen molar-refractivity contribution >= 4 is 11.8 Å². The summed E-state index contributed by atoms with van der Waals surface area (Å²) in [6, 6.07) is 10.9. The summed E-state index contributed by atoms with van der Waals surface area (Å²) < 4.78 is 7.91. The molecule has 32 heavy (non-hydrogen) atoms. The first-order valence-corrected chi connectivity index (χ1v) is 12.5. The molecule has 1 aromatic carbocycles. The molecule has 3 saturated carbocycles. The van der Waals surface area contributed by atoms with E-state index in [1.54, 1.807) is 6.92 Å². The normalized spacial score (nSPS) is 39.8. The molecular formula is C27H35N3O2. The van der Waals surface area contributed by atoms with Crippen molar-refractivity contribution in [3.63, 3.8) is 0 Å². The van der Waals surface area contributed by atoms with Crippen LogP contribution in [0.1, 0.15) is 64.9 Å². The lowest BCUT2D eigenvalue weighted by molar-refractivity contribution is -0.158. The smallest absolute Gasteiger partial charge is 0.302 e. The van der Waals surface area contributed by atoms with Crippen LogP contribution in [-0.2, 0) is 16.0 Å². The third-order valence-corrected chi connectivity index (χ3v) is 9.82. The molecule has 3 fully saturated rings. The van der Waals surface area contributed by atoms with Gasteiger partial charge in [0.2, 0.25) is 0 Å². The molecule has 170 valence electrons. The second kappa shape index (κ2) is 7.10. The SMILES string of the molecule is CC(=O)OC1CCC2C3CCC4Nc5c(cnn5-c5ccccc5)CC4(C)C3CCC12C. The zero-order valence-electron chi connectivity index (χ0n) is 19.5. The van der Waals surface area contributed by atoms with Crippen molar-refractivity contribution in [2.75, 3.05) is 5.32 Å². The van der Waals surface area contributed by atoms with Gasteiger partial charge in [0.1, 0.15) is 11.9 Å². The van der Waals surface area contributed by atoms with Crippen LogP contribution in [0.15, 0.2) is 36.5 Å². The minimum Gasteiger partial charge on any atom is -0.462 e. The van der Waals surface area contributed by atoms with E-state index in [2.05, 4.69) is 60.4 Å². The molecule has 0 amide bonds. The molecule has 6 rings (SSSR count). The Kier molecular flexibility index (Phi) is 4.51. The number of benzene rings is 1. The van der Waals surface area contributed by atoms with E-state index < -0.39 is 0 Å². The van der Waals surface area contributed by atoms with Crippen LogP contribution in [0.2, 0.25) is 0 Å². The maximum atomic E-state index is 11.7. The fraction of sp³-hybridized carbons (Fsp3) is 0.630. The molecule has 0 spiro atoms. The molecular weight excluding hydrogens is 398 g/mol. The van der Waals surface area contributed by atoms with Crippen molar-refractivity contribution in [1.29, 1.82) is 0 Å². The monoisotopic (exact) mass is 433 g/mol. The molecule has 1 aromatic heterocycles. The van der Waals surface area contributed by atoms with Gasteiger partial charge < -0.3 is 10.1 Å². The first-order valence-electron chi connectivity index (χ1n) is 12.5. The highest BCUT2D eigenvalue weighted by Gasteiger charge is 2.61. The number of nitrogens with zero attached hydrogens (tertiary/aromatic N) is 2. The number of ether oxygens (including phenoxy) is 1. The standard InChI is InChI=1S/C27H35N3O2/c1-17(31)32-24-12-10-21-20-9-11-23-27(3,22(20)13-14-26(21,24)2)15-18-16-28-30(25(18)29-23)19-7-5-4-6-8-19/h4-8,16,20-24,29H,9-15H2,1-3H3. The number of fused-ring (bicyclic) bond motifs is 6. The Bertz CT molecular complexity index is 1030. The van der Waals surface area contributed by atoms with E-state index in [1.807, 2.05) is 0 Å². The molecule has 7 unspecified atom stereocenters. The molecule has 5 nitrogen and oxygen atoms in total. The minimum atomic E-state index is -0.117. The predicted molar refractivity (Wildman–Crippen MR) is 125 cm³/mol. The Hall–Kier alpha value is -2.30. The number of esters is 1. The molecule has 4 aliphatic rings. The zero-order valence-corrected chi connectivity index (χ0v) is 19.5. The lowest BCUT2D eigenvalue weighted by atomic mass is 9.47. The summed E-state index contributed by atoms with van der Waals surface area (Å²) in [7, 11) is 0. The molecule has 1 aliphatic heterocycles. The van der Waals surface area contributed by atoms with Gasteiger partial charge in [-0.1, -0.05) is 32.0 Å². The van der Waals surface area contributed by atoms with Crippen LogP contribution in [-0.4, -0.2) is 27.9 Å². The van der Waals surface area contributed by atoms with Crippen molar-refractivity contribution in [3.8, 4) is 5.69 Å². The highest BCUT2D eigenvalue weighted by Crippen LogP contribution is 2.64. The molecule has 0 bridgehead atoms. The van der Waals surface area contributed by atoms with Gasteiger partial charge in [-0.3, -0.25) is 4.79 Å². The molecule has 2 aromatic rings.